The van der Waals surface area contributed by atoms with Crippen LogP contribution in [0.4, 0.5) is 0 Å². The molecule has 1 saturated heterocycles. The van der Waals surface area contributed by atoms with E-state index in [1.807, 2.05) is 4.31 Å². The van der Waals surface area contributed by atoms with Crippen LogP contribution >= 0.6 is 0 Å². The molecule has 0 aromatic carbocycles. The highest BCUT2D eigenvalue weighted by Gasteiger charge is 2.36. The second-order valence-electron chi connectivity index (χ2n) is 6.85. The van der Waals surface area contributed by atoms with Crippen molar-refractivity contribution in [3.05, 3.63) is 0 Å². The van der Waals surface area contributed by atoms with Crippen molar-refractivity contribution >= 4 is 10.0 Å². The van der Waals surface area contributed by atoms with Crippen molar-refractivity contribution in [3.63, 3.8) is 0 Å². The van der Waals surface area contributed by atoms with Gasteiger partial charge in [0.05, 0.1) is 5.25 Å². The second kappa shape index (κ2) is 6.32. The molecule has 0 aromatic heterocycles. The highest BCUT2D eigenvalue weighted by atomic mass is 32.2. The van der Waals surface area contributed by atoms with Crippen LogP contribution in [0, 0.1) is 5.92 Å². The van der Waals surface area contributed by atoms with Gasteiger partial charge in [-0.25, -0.2) is 12.7 Å². The van der Waals surface area contributed by atoms with Crippen LogP contribution in [0.2, 0.25) is 0 Å². The fourth-order valence-corrected chi connectivity index (χ4v) is 5.77. The van der Waals surface area contributed by atoms with Gasteiger partial charge in [0.15, 0.2) is 0 Å². The van der Waals surface area contributed by atoms with E-state index in [0.717, 1.165) is 57.8 Å². The first-order valence-corrected chi connectivity index (χ1v) is 9.89. The molecule has 116 valence electrons. The zero-order chi connectivity index (χ0) is 14.0. The largest absolute Gasteiger partial charge is 0.314 e. The highest BCUT2D eigenvalue weighted by molar-refractivity contribution is 7.89. The summed E-state index contributed by atoms with van der Waals surface area (Å²) in [5.41, 5.74) is 0. The van der Waals surface area contributed by atoms with Crippen LogP contribution in [0.1, 0.15) is 57.8 Å². The topological polar surface area (TPSA) is 49.4 Å². The molecule has 3 rings (SSSR count). The zero-order valence-electron chi connectivity index (χ0n) is 12.4. The maximum absolute atomic E-state index is 12.7. The molecule has 0 amide bonds. The van der Waals surface area contributed by atoms with Crippen molar-refractivity contribution in [2.24, 2.45) is 5.92 Å². The zero-order valence-corrected chi connectivity index (χ0v) is 13.2. The van der Waals surface area contributed by atoms with Crippen LogP contribution in [0.15, 0.2) is 0 Å². The van der Waals surface area contributed by atoms with Crippen LogP contribution in [0.25, 0.3) is 0 Å². The van der Waals surface area contributed by atoms with Gasteiger partial charge in [0.2, 0.25) is 10.0 Å². The van der Waals surface area contributed by atoms with Gasteiger partial charge in [0.1, 0.15) is 0 Å². The summed E-state index contributed by atoms with van der Waals surface area (Å²) in [7, 11) is -3.04. The molecule has 1 heterocycles. The average molecular weight is 300 g/mol. The molecule has 2 aliphatic carbocycles. The van der Waals surface area contributed by atoms with Gasteiger partial charge in [-0.1, -0.05) is 19.3 Å². The minimum atomic E-state index is -3.04. The number of hydrogen-bond acceptors (Lipinski definition) is 3. The summed E-state index contributed by atoms with van der Waals surface area (Å²) in [4.78, 5) is 0. The number of nitrogens with zero attached hydrogens (tertiary/aromatic N) is 1. The molecular formula is C15H28N2O2S. The molecule has 1 N–H and O–H groups in total. The fourth-order valence-electron chi connectivity index (χ4n) is 3.62. The molecule has 0 spiro atoms. The molecule has 1 aliphatic heterocycles. The van der Waals surface area contributed by atoms with Crippen LogP contribution in [-0.2, 0) is 10.0 Å². The quantitative estimate of drug-likeness (QED) is 0.846. The van der Waals surface area contributed by atoms with Crippen LogP contribution in [0.3, 0.4) is 0 Å². The highest BCUT2D eigenvalue weighted by Crippen LogP contribution is 2.29. The van der Waals surface area contributed by atoms with Gasteiger partial charge in [-0.05, 0) is 51.0 Å². The third-order valence-corrected chi connectivity index (χ3v) is 7.45. The minimum Gasteiger partial charge on any atom is -0.314 e. The Kier molecular flexibility index (Phi) is 4.68. The lowest BCUT2D eigenvalue weighted by Gasteiger charge is -2.35. The van der Waals surface area contributed by atoms with E-state index in [9.17, 15) is 8.42 Å². The predicted molar refractivity (Wildman–Crippen MR) is 81.1 cm³/mol. The van der Waals surface area contributed by atoms with E-state index >= 15 is 0 Å². The van der Waals surface area contributed by atoms with Crippen molar-refractivity contribution in [2.45, 2.75) is 69.1 Å². The Morgan fingerprint density at radius 2 is 1.70 bits per heavy atom. The van der Waals surface area contributed by atoms with Crippen molar-refractivity contribution < 1.29 is 8.42 Å². The minimum absolute atomic E-state index is 0.0913. The Bertz CT molecular complexity index is 414. The number of hydrogen-bond donors (Lipinski definition) is 1. The van der Waals surface area contributed by atoms with Gasteiger partial charge in [-0.15, -0.1) is 0 Å². The average Bonchev–Trinajstić information content (AvgIpc) is 3.31. The molecule has 2 saturated carbocycles. The lowest BCUT2D eigenvalue weighted by Crippen LogP contribution is -2.47. The summed E-state index contributed by atoms with van der Waals surface area (Å²) in [6.07, 6.45) is 9.95. The van der Waals surface area contributed by atoms with Crippen molar-refractivity contribution in [3.8, 4) is 0 Å². The molecule has 20 heavy (non-hydrogen) atoms. The number of nitrogens with one attached hydrogen (secondary N) is 1. The molecule has 4 nitrogen and oxygen atoms in total. The maximum Gasteiger partial charge on any atom is 0.216 e. The summed E-state index contributed by atoms with van der Waals surface area (Å²) in [6, 6.07) is 0.723. The molecule has 5 heteroatoms. The standard InChI is InChI=1S/C15H28N2O2S/c18-20(19,15-6-2-1-3-7-15)17-10-4-5-13(12-17)11-16-14-8-9-14/h13-16H,1-12H2. The van der Waals surface area contributed by atoms with Gasteiger partial charge in [-0.3, -0.25) is 0 Å². The Balaban J connectivity index is 1.56. The second-order valence-corrected chi connectivity index (χ2v) is 9.07. The van der Waals surface area contributed by atoms with Gasteiger partial charge in [0.25, 0.3) is 0 Å². The first-order chi connectivity index (χ1) is 9.66. The monoisotopic (exact) mass is 300 g/mol. The van der Waals surface area contributed by atoms with E-state index in [0.29, 0.717) is 5.92 Å². The van der Waals surface area contributed by atoms with Gasteiger partial charge >= 0.3 is 0 Å². The van der Waals surface area contributed by atoms with Crippen molar-refractivity contribution in [1.82, 2.24) is 9.62 Å². The lowest BCUT2D eigenvalue weighted by atomic mass is 10.00. The molecule has 1 atom stereocenters. The molecule has 0 bridgehead atoms. The van der Waals surface area contributed by atoms with Gasteiger partial charge < -0.3 is 5.32 Å². The molecule has 0 radical (unpaired) electrons. The lowest BCUT2D eigenvalue weighted by molar-refractivity contribution is 0.255. The Hall–Kier alpha value is -0.130. The Morgan fingerprint density at radius 3 is 2.40 bits per heavy atom. The Labute approximate surface area is 123 Å². The number of sulfonamides is 1. The fraction of sp³-hybridized carbons (Fsp3) is 1.00. The van der Waals surface area contributed by atoms with E-state index in [1.54, 1.807) is 0 Å². The SMILES string of the molecule is O=S(=O)(C1CCCCC1)N1CCCC(CNC2CC2)C1. The van der Waals surface area contributed by atoms with E-state index in [1.165, 1.54) is 25.7 Å². The van der Waals surface area contributed by atoms with Crippen LogP contribution in [-0.4, -0.2) is 43.6 Å². The summed E-state index contributed by atoms with van der Waals surface area (Å²) < 4.78 is 27.3. The summed E-state index contributed by atoms with van der Waals surface area (Å²) in [5.74, 6) is 0.516. The summed E-state index contributed by atoms with van der Waals surface area (Å²) >= 11 is 0. The van der Waals surface area contributed by atoms with E-state index in [4.69, 9.17) is 0 Å². The maximum atomic E-state index is 12.7. The molecule has 0 aromatic rings. The Morgan fingerprint density at radius 1 is 0.950 bits per heavy atom. The summed E-state index contributed by atoms with van der Waals surface area (Å²) in [6.45, 7) is 2.50. The smallest absolute Gasteiger partial charge is 0.216 e. The first-order valence-electron chi connectivity index (χ1n) is 8.38. The van der Waals surface area contributed by atoms with Crippen LogP contribution in [0.5, 0.6) is 0 Å². The van der Waals surface area contributed by atoms with Crippen molar-refractivity contribution in [2.75, 3.05) is 19.6 Å². The molecule has 1 unspecified atom stereocenters. The summed E-state index contributed by atoms with van der Waals surface area (Å²) in [5, 5.41) is 3.47. The molecular weight excluding hydrogens is 272 g/mol. The number of rotatable bonds is 5. The third kappa shape index (κ3) is 3.55. The first kappa shape index (κ1) is 14.8. The number of piperidine rings is 1. The third-order valence-electron chi connectivity index (χ3n) is 5.09. The molecule has 3 aliphatic rings. The van der Waals surface area contributed by atoms with E-state index < -0.39 is 10.0 Å². The predicted octanol–water partition coefficient (Wildman–Crippen LogP) is 2.11. The van der Waals surface area contributed by atoms with Crippen molar-refractivity contribution in [1.29, 1.82) is 0 Å². The van der Waals surface area contributed by atoms with E-state index in [2.05, 4.69) is 5.32 Å². The van der Waals surface area contributed by atoms with E-state index in [-0.39, 0.29) is 5.25 Å². The van der Waals surface area contributed by atoms with Crippen LogP contribution < -0.4 is 5.32 Å². The van der Waals surface area contributed by atoms with Gasteiger partial charge in [-0.2, -0.15) is 0 Å². The normalized spacial score (nSPS) is 30.5. The van der Waals surface area contributed by atoms with Gasteiger partial charge in [0, 0.05) is 19.1 Å². The molecule has 3 fully saturated rings.